The highest BCUT2D eigenvalue weighted by Crippen LogP contribution is 2.17. The molecule has 1 rings (SSSR count). The van der Waals surface area contributed by atoms with Crippen LogP contribution in [-0.4, -0.2) is 5.78 Å². The van der Waals surface area contributed by atoms with Gasteiger partial charge in [0.25, 0.3) is 0 Å². The molecule has 52 valence electrons. The molecule has 0 fully saturated rings. The minimum absolute atomic E-state index is 0.116. The van der Waals surface area contributed by atoms with Crippen molar-refractivity contribution in [2.45, 2.75) is 6.92 Å². The van der Waals surface area contributed by atoms with Gasteiger partial charge in [0.15, 0.2) is 5.78 Å². The van der Waals surface area contributed by atoms with E-state index in [0.717, 1.165) is 10.4 Å². The van der Waals surface area contributed by atoms with Crippen LogP contribution >= 0.6 is 11.3 Å². The smallest absolute Gasteiger partial charge is 0.170 e. The number of hydrogen-bond acceptors (Lipinski definition) is 2. The van der Waals surface area contributed by atoms with Crippen molar-refractivity contribution in [1.29, 1.82) is 0 Å². The zero-order valence-corrected chi connectivity index (χ0v) is 6.57. The summed E-state index contributed by atoms with van der Waals surface area (Å²) in [5.74, 6) is 0.116. The molecule has 0 saturated heterocycles. The van der Waals surface area contributed by atoms with Crippen molar-refractivity contribution in [2.75, 3.05) is 0 Å². The summed E-state index contributed by atoms with van der Waals surface area (Å²) in [5.41, 5.74) is 0.942. The van der Waals surface area contributed by atoms with Crippen LogP contribution in [0, 0.1) is 0 Å². The largest absolute Gasteiger partial charge is 0.294 e. The Labute approximate surface area is 64.0 Å². The summed E-state index contributed by atoms with van der Waals surface area (Å²) in [5, 5.41) is 1.90. The molecule has 0 radical (unpaired) electrons. The van der Waals surface area contributed by atoms with Crippen LogP contribution in [0.2, 0.25) is 0 Å². The monoisotopic (exact) mass is 152 g/mol. The molecule has 1 nitrogen and oxygen atoms in total. The maximum Gasteiger partial charge on any atom is 0.170 e. The standard InChI is InChI=1S/C8H8OS/c1-3-7-4-5-10-8(7)6(2)9/h3-5H,1H2,2H3. The predicted molar refractivity (Wildman–Crippen MR) is 44.4 cm³/mol. The van der Waals surface area contributed by atoms with E-state index in [4.69, 9.17) is 0 Å². The highest BCUT2D eigenvalue weighted by molar-refractivity contribution is 7.12. The normalized spacial score (nSPS) is 9.30. The van der Waals surface area contributed by atoms with Gasteiger partial charge in [0.2, 0.25) is 0 Å². The van der Waals surface area contributed by atoms with Gasteiger partial charge in [-0.2, -0.15) is 0 Å². The van der Waals surface area contributed by atoms with Crippen molar-refractivity contribution < 1.29 is 4.79 Å². The first-order valence-corrected chi connectivity index (χ1v) is 3.84. The van der Waals surface area contributed by atoms with Gasteiger partial charge in [-0.3, -0.25) is 4.79 Å². The topological polar surface area (TPSA) is 17.1 Å². The fourth-order valence-corrected chi connectivity index (χ4v) is 1.57. The Kier molecular flexibility index (Phi) is 2.02. The summed E-state index contributed by atoms with van der Waals surface area (Å²) in [6.45, 7) is 5.17. The van der Waals surface area contributed by atoms with Gasteiger partial charge in [0, 0.05) is 0 Å². The van der Waals surface area contributed by atoms with Crippen molar-refractivity contribution in [3.8, 4) is 0 Å². The third kappa shape index (κ3) is 1.16. The van der Waals surface area contributed by atoms with Crippen LogP contribution in [0.5, 0.6) is 0 Å². The van der Waals surface area contributed by atoms with Gasteiger partial charge in [-0.15, -0.1) is 11.3 Å². The van der Waals surface area contributed by atoms with E-state index < -0.39 is 0 Å². The van der Waals surface area contributed by atoms with Crippen molar-refractivity contribution in [3.05, 3.63) is 28.5 Å². The molecule has 0 atom stereocenters. The first-order chi connectivity index (χ1) is 4.75. The molecule has 1 heterocycles. The van der Waals surface area contributed by atoms with Crippen LogP contribution in [0.4, 0.5) is 0 Å². The molecular formula is C8H8OS. The number of carbonyl (C=O) groups is 1. The van der Waals surface area contributed by atoms with E-state index in [0.29, 0.717) is 0 Å². The number of ketones is 1. The Bertz CT molecular complexity index is 260. The average Bonchev–Trinajstić information content (AvgIpc) is 2.33. The Balaban J connectivity index is 3.13. The predicted octanol–water partition coefficient (Wildman–Crippen LogP) is 2.59. The van der Waals surface area contributed by atoms with E-state index in [9.17, 15) is 4.79 Å². The van der Waals surface area contributed by atoms with E-state index in [1.807, 2.05) is 11.4 Å². The summed E-state index contributed by atoms with van der Waals surface area (Å²) in [7, 11) is 0. The lowest BCUT2D eigenvalue weighted by Crippen LogP contribution is -1.88. The maximum absolute atomic E-state index is 10.8. The quantitative estimate of drug-likeness (QED) is 0.595. The van der Waals surface area contributed by atoms with Crippen molar-refractivity contribution in [1.82, 2.24) is 0 Å². The molecule has 0 aliphatic rings. The molecule has 0 saturated carbocycles. The molecule has 0 aliphatic carbocycles. The van der Waals surface area contributed by atoms with Crippen molar-refractivity contribution >= 4 is 23.2 Å². The summed E-state index contributed by atoms with van der Waals surface area (Å²) >= 11 is 1.46. The fourth-order valence-electron chi connectivity index (χ4n) is 0.766. The van der Waals surface area contributed by atoms with Crippen molar-refractivity contribution in [2.24, 2.45) is 0 Å². The van der Waals surface area contributed by atoms with E-state index in [2.05, 4.69) is 6.58 Å². The lowest BCUT2D eigenvalue weighted by molar-refractivity contribution is 0.102. The summed E-state index contributed by atoms with van der Waals surface area (Å²) < 4.78 is 0. The second-order valence-electron chi connectivity index (χ2n) is 1.97. The van der Waals surface area contributed by atoms with E-state index in [-0.39, 0.29) is 5.78 Å². The molecule has 0 aliphatic heterocycles. The first kappa shape index (κ1) is 7.22. The minimum atomic E-state index is 0.116. The number of thiophene rings is 1. The average molecular weight is 152 g/mol. The zero-order valence-electron chi connectivity index (χ0n) is 5.76. The molecule has 0 amide bonds. The summed E-state index contributed by atoms with van der Waals surface area (Å²) in [4.78, 5) is 11.6. The molecule has 1 aromatic rings. The molecule has 0 bridgehead atoms. The van der Waals surface area contributed by atoms with E-state index in [1.165, 1.54) is 11.3 Å². The second-order valence-corrected chi connectivity index (χ2v) is 2.88. The Morgan fingerprint density at radius 3 is 2.90 bits per heavy atom. The van der Waals surface area contributed by atoms with Crippen LogP contribution in [0.1, 0.15) is 22.2 Å². The molecule has 0 unspecified atom stereocenters. The highest BCUT2D eigenvalue weighted by Gasteiger charge is 2.04. The number of carbonyl (C=O) groups excluding carboxylic acids is 1. The van der Waals surface area contributed by atoms with Gasteiger partial charge in [-0.25, -0.2) is 0 Å². The van der Waals surface area contributed by atoms with E-state index in [1.54, 1.807) is 13.0 Å². The first-order valence-electron chi connectivity index (χ1n) is 2.96. The highest BCUT2D eigenvalue weighted by atomic mass is 32.1. The SMILES string of the molecule is C=Cc1ccsc1C(C)=O. The maximum atomic E-state index is 10.8. The number of hydrogen-bond donors (Lipinski definition) is 0. The molecule has 1 aromatic heterocycles. The third-order valence-electron chi connectivity index (χ3n) is 1.24. The lowest BCUT2D eigenvalue weighted by Gasteiger charge is -1.89. The van der Waals surface area contributed by atoms with Gasteiger partial charge >= 0.3 is 0 Å². The molecular weight excluding hydrogens is 144 g/mol. The second kappa shape index (κ2) is 2.80. The van der Waals surface area contributed by atoms with Gasteiger partial charge in [0.1, 0.15) is 0 Å². The molecule has 2 heteroatoms. The van der Waals surface area contributed by atoms with Crippen LogP contribution in [0.3, 0.4) is 0 Å². The summed E-state index contributed by atoms with van der Waals surface area (Å²) in [6.07, 6.45) is 1.70. The molecule has 0 spiro atoms. The minimum Gasteiger partial charge on any atom is -0.294 e. The van der Waals surface area contributed by atoms with Crippen LogP contribution in [0.15, 0.2) is 18.0 Å². The molecule has 0 aromatic carbocycles. The Morgan fingerprint density at radius 2 is 2.50 bits per heavy atom. The van der Waals surface area contributed by atoms with Gasteiger partial charge in [-0.1, -0.05) is 12.7 Å². The lowest BCUT2D eigenvalue weighted by atomic mass is 10.2. The van der Waals surface area contributed by atoms with Gasteiger partial charge < -0.3 is 0 Å². The van der Waals surface area contributed by atoms with Crippen LogP contribution in [-0.2, 0) is 0 Å². The fraction of sp³-hybridized carbons (Fsp3) is 0.125. The zero-order chi connectivity index (χ0) is 7.56. The van der Waals surface area contributed by atoms with Gasteiger partial charge in [0.05, 0.1) is 4.88 Å². The van der Waals surface area contributed by atoms with E-state index >= 15 is 0 Å². The van der Waals surface area contributed by atoms with Crippen LogP contribution in [0.25, 0.3) is 6.08 Å². The molecule has 0 N–H and O–H groups in total. The van der Waals surface area contributed by atoms with Gasteiger partial charge in [-0.05, 0) is 23.9 Å². The third-order valence-corrected chi connectivity index (χ3v) is 2.27. The number of Topliss-reactive ketones (excluding diaryl/α,β-unsaturated/α-hetero) is 1. The molecule has 10 heavy (non-hydrogen) atoms. The Hall–Kier alpha value is -0.890. The Morgan fingerprint density at radius 1 is 1.80 bits per heavy atom. The van der Waals surface area contributed by atoms with Crippen LogP contribution < -0.4 is 0 Å². The van der Waals surface area contributed by atoms with Crippen molar-refractivity contribution in [3.63, 3.8) is 0 Å². The number of rotatable bonds is 2. The summed E-state index contributed by atoms with van der Waals surface area (Å²) in [6, 6.07) is 1.90.